The van der Waals surface area contributed by atoms with Crippen molar-refractivity contribution < 1.29 is 10.2 Å². The van der Waals surface area contributed by atoms with Gasteiger partial charge in [0.2, 0.25) is 0 Å². The Morgan fingerprint density at radius 1 is 1.47 bits per heavy atom. The average Bonchev–Trinajstić information content (AvgIpc) is 2.28. The van der Waals surface area contributed by atoms with E-state index in [1.54, 1.807) is 6.07 Å². The molecule has 1 rings (SSSR count). The van der Waals surface area contributed by atoms with E-state index in [0.717, 1.165) is 0 Å². The van der Waals surface area contributed by atoms with Crippen LogP contribution in [0.15, 0.2) is 18.3 Å². The zero-order valence-electron chi connectivity index (χ0n) is 8.04. The van der Waals surface area contributed by atoms with E-state index < -0.39 is 12.2 Å². The second-order valence-electron chi connectivity index (χ2n) is 3.11. The lowest BCUT2D eigenvalue weighted by Gasteiger charge is -2.16. The summed E-state index contributed by atoms with van der Waals surface area (Å²) in [7, 11) is 0. The molecule has 0 fully saturated rings. The quantitative estimate of drug-likeness (QED) is 0.657. The summed E-state index contributed by atoms with van der Waals surface area (Å²) in [5, 5.41) is 27.7. The molecule has 0 amide bonds. The number of aliphatic hydroxyl groups is 2. The van der Waals surface area contributed by atoms with Gasteiger partial charge in [-0.15, -0.1) is 0 Å². The van der Waals surface area contributed by atoms with Crippen molar-refractivity contribution in [1.29, 1.82) is 5.26 Å². The Morgan fingerprint density at radius 2 is 2.20 bits per heavy atom. The van der Waals surface area contributed by atoms with Crippen LogP contribution in [0.2, 0.25) is 0 Å². The average molecular weight is 224 g/mol. The maximum Gasteiger partial charge on any atom is 0.140 e. The third-order valence-corrected chi connectivity index (χ3v) is 2.29. The number of aromatic nitrogens is 1. The topological polar surface area (TPSA) is 77.1 Å². The Bertz CT molecular complexity index is 347. The first kappa shape index (κ1) is 12.0. The minimum atomic E-state index is -0.975. The summed E-state index contributed by atoms with van der Waals surface area (Å²) in [6, 6.07) is 4.97. The molecule has 80 valence electrons. The normalized spacial score (nSPS) is 14.3. The van der Waals surface area contributed by atoms with Gasteiger partial charge in [0.05, 0.1) is 6.10 Å². The Kier molecular flexibility index (Phi) is 4.56. The number of thiol groups is 1. The van der Waals surface area contributed by atoms with E-state index in [4.69, 9.17) is 5.26 Å². The molecule has 0 saturated carbocycles. The van der Waals surface area contributed by atoms with Crippen molar-refractivity contribution in [2.45, 2.75) is 18.6 Å². The molecule has 5 heteroatoms. The first-order valence-corrected chi connectivity index (χ1v) is 5.15. The number of hydrogen-bond acceptors (Lipinski definition) is 5. The van der Waals surface area contributed by atoms with Gasteiger partial charge in [0, 0.05) is 11.8 Å². The molecular formula is C10H12N2O2S. The minimum Gasteiger partial charge on any atom is -0.390 e. The van der Waals surface area contributed by atoms with E-state index in [1.807, 2.05) is 6.07 Å². The van der Waals surface area contributed by atoms with Crippen LogP contribution < -0.4 is 0 Å². The van der Waals surface area contributed by atoms with E-state index >= 15 is 0 Å². The summed E-state index contributed by atoms with van der Waals surface area (Å²) < 4.78 is 0. The van der Waals surface area contributed by atoms with Crippen LogP contribution in [0.1, 0.15) is 23.8 Å². The van der Waals surface area contributed by atoms with Gasteiger partial charge in [0.15, 0.2) is 0 Å². The van der Waals surface area contributed by atoms with Gasteiger partial charge in [-0.25, -0.2) is 4.98 Å². The second-order valence-corrected chi connectivity index (χ2v) is 3.56. The van der Waals surface area contributed by atoms with Crippen molar-refractivity contribution in [3.8, 4) is 6.07 Å². The molecule has 0 aromatic carbocycles. The highest BCUT2D eigenvalue weighted by Crippen LogP contribution is 2.18. The van der Waals surface area contributed by atoms with E-state index in [1.165, 1.54) is 12.3 Å². The summed E-state index contributed by atoms with van der Waals surface area (Å²) in [5.41, 5.74) is 0.790. The minimum absolute atomic E-state index is 0.287. The maximum absolute atomic E-state index is 9.68. The molecule has 0 radical (unpaired) electrons. The molecular weight excluding hydrogens is 212 g/mol. The Balaban J connectivity index is 2.74. The summed E-state index contributed by atoms with van der Waals surface area (Å²) in [6.07, 6.45) is -0.0236. The zero-order chi connectivity index (χ0) is 11.3. The Labute approximate surface area is 93.6 Å². The third kappa shape index (κ3) is 3.20. The molecule has 1 aromatic rings. The van der Waals surface area contributed by atoms with Crippen molar-refractivity contribution in [2.75, 3.05) is 5.75 Å². The lowest BCUT2D eigenvalue weighted by molar-refractivity contribution is 0.0170. The lowest BCUT2D eigenvalue weighted by Crippen LogP contribution is -2.18. The summed E-state index contributed by atoms with van der Waals surface area (Å²) in [4.78, 5) is 3.81. The largest absolute Gasteiger partial charge is 0.390 e. The van der Waals surface area contributed by atoms with Gasteiger partial charge in [0.25, 0.3) is 0 Å². The van der Waals surface area contributed by atoms with E-state index in [0.29, 0.717) is 17.7 Å². The number of hydrogen-bond donors (Lipinski definition) is 3. The molecule has 1 heterocycles. The summed E-state index contributed by atoms with van der Waals surface area (Å²) in [5.74, 6) is 0.502. The molecule has 0 saturated heterocycles. The fraction of sp³-hybridized carbons (Fsp3) is 0.400. The van der Waals surface area contributed by atoms with Crippen molar-refractivity contribution >= 4 is 12.6 Å². The molecule has 0 spiro atoms. The van der Waals surface area contributed by atoms with Crippen LogP contribution in [-0.2, 0) is 0 Å². The maximum atomic E-state index is 9.68. The second kappa shape index (κ2) is 5.71. The Morgan fingerprint density at radius 3 is 2.67 bits per heavy atom. The number of nitriles is 1. The van der Waals surface area contributed by atoms with Gasteiger partial charge in [-0.2, -0.15) is 17.9 Å². The molecule has 2 atom stereocenters. The number of aliphatic hydroxyl groups excluding tert-OH is 2. The molecule has 0 aliphatic rings. The molecule has 2 N–H and O–H groups in total. The molecule has 1 aromatic heterocycles. The van der Waals surface area contributed by atoms with Crippen molar-refractivity contribution in [3.05, 3.63) is 29.6 Å². The van der Waals surface area contributed by atoms with Gasteiger partial charge in [0.1, 0.15) is 17.9 Å². The van der Waals surface area contributed by atoms with Gasteiger partial charge in [-0.05, 0) is 18.2 Å². The fourth-order valence-electron chi connectivity index (χ4n) is 1.16. The van der Waals surface area contributed by atoms with E-state index in [2.05, 4.69) is 17.6 Å². The molecule has 15 heavy (non-hydrogen) atoms. The zero-order valence-corrected chi connectivity index (χ0v) is 8.93. The van der Waals surface area contributed by atoms with Gasteiger partial charge in [-0.1, -0.05) is 6.07 Å². The van der Waals surface area contributed by atoms with Crippen LogP contribution in [0.5, 0.6) is 0 Å². The van der Waals surface area contributed by atoms with Crippen molar-refractivity contribution in [1.82, 2.24) is 4.98 Å². The summed E-state index contributed by atoms with van der Waals surface area (Å²) in [6.45, 7) is 0. The first-order valence-electron chi connectivity index (χ1n) is 4.52. The van der Waals surface area contributed by atoms with Crippen LogP contribution in [0.3, 0.4) is 0 Å². The van der Waals surface area contributed by atoms with Gasteiger partial charge < -0.3 is 10.2 Å². The fourth-order valence-corrected chi connectivity index (χ4v) is 1.42. The predicted molar refractivity (Wildman–Crippen MR) is 58.4 cm³/mol. The number of rotatable bonds is 4. The first-order chi connectivity index (χ1) is 7.19. The van der Waals surface area contributed by atoms with Crippen LogP contribution in [0.25, 0.3) is 0 Å². The van der Waals surface area contributed by atoms with Gasteiger partial charge in [-0.3, -0.25) is 0 Å². The number of nitrogens with zero attached hydrogens (tertiary/aromatic N) is 2. The van der Waals surface area contributed by atoms with E-state index in [9.17, 15) is 10.2 Å². The molecule has 0 aliphatic heterocycles. The van der Waals surface area contributed by atoms with Crippen LogP contribution in [0, 0.1) is 11.3 Å². The van der Waals surface area contributed by atoms with Gasteiger partial charge >= 0.3 is 0 Å². The van der Waals surface area contributed by atoms with Crippen LogP contribution in [-0.4, -0.2) is 27.1 Å². The van der Waals surface area contributed by atoms with Crippen molar-refractivity contribution in [3.63, 3.8) is 0 Å². The SMILES string of the molecule is N#Cc1ccc(C(O)C(O)CCS)cn1. The molecule has 2 unspecified atom stereocenters. The smallest absolute Gasteiger partial charge is 0.140 e. The molecule has 0 aliphatic carbocycles. The summed E-state index contributed by atoms with van der Waals surface area (Å²) >= 11 is 3.97. The van der Waals surface area contributed by atoms with Crippen LogP contribution >= 0.6 is 12.6 Å². The van der Waals surface area contributed by atoms with Crippen LogP contribution in [0.4, 0.5) is 0 Å². The molecule has 0 bridgehead atoms. The predicted octanol–water partition coefficient (Wildman–Crippen LogP) is 0.667. The standard InChI is InChI=1S/C10H12N2O2S/c11-5-8-2-1-7(6-12-8)10(14)9(13)3-4-15/h1-2,6,9-10,13-15H,3-4H2. The third-order valence-electron chi connectivity index (χ3n) is 2.03. The number of pyridine rings is 1. The highest BCUT2D eigenvalue weighted by Gasteiger charge is 2.17. The highest BCUT2D eigenvalue weighted by atomic mass is 32.1. The van der Waals surface area contributed by atoms with Crippen molar-refractivity contribution in [2.24, 2.45) is 0 Å². The Hall–Kier alpha value is -1.09. The lowest BCUT2D eigenvalue weighted by atomic mass is 10.0. The molecule has 4 nitrogen and oxygen atoms in total. The van der Waals surface area contributed by atoms with E-state index in [-0.39, 0.29) is 5.69 Å². The monoisotopic (exact) mass is 224 g/mol. The highest BCUT2D eigenvalue weighted by molar-refractivity contribution is 7.80.